The molecule has 1 aliphatic rings. The van der Waals surface area contributed by atoms with Crippen LogP contribution in [-0.4, -0.2) is 25.0 Å². The second kappa shape index (κ2) is 9.50. The first-order valence-corrected chi connectivity index (χ1v) is 10.4. The van der Waals surface area contributed by atoms with Gasteiger partial charge in [0.25, 0.3) is 0 Å². The number of fused-ring (bicyclic) bond motifs is 2. The molecular formula is C25H30ClN3O. The summed E-state index contributed by atoms with van der Waals surface area (Å²) in [6.45, 7) is 6.42. The van der Waals surface area contributed by atoms with Crippen LogP contribution >= 0.6 is 12.4 Å². The number of amides is 1. The number of halogens is 1. The van der Waals surface area contributed by atoms with Crippen LogP contribution in [0.3, 0.4) is 0 Å². The molecule has 0 bridgehead atoms. The van der Waals surface area contributed by atoms with Gasteiger partial charge in [-0.05, 0) is 40.8 Å². The van der Waals surface area contributed by atoms with Crippen LogP contribution in [0.25, 0.3) is 10.8 Å². The van der Waals surface area contributed by atoms with Gasteiger partial charge in [-0.1, -0.05) is 68.4 Å². The Morgan fingerprint density at radius 3 is 2.40 bits per heavy atom. The van der Waals surface area contributed by atoms with E-state index in [1.165, 1.54) is 10.8 Å². The van der Waals surface area contributed by atoms with Crippen molar-refractivity contribution in [3.8, 4) is 0 Å². The number of carbonyl (C=O) groups excluding carboxylic acids is 1. The molecule has 2 N–H and O–H groups in total. The number of carbonyl (C=O) groups is 1. The van der Waals surface area contributed by atoms with E-state index in [0.29, 0.717) is 19.0 Å². The summed E-state index contributed by atoms with van der Waals surface area (Å²) >= 11 is 0. The van der Waals surface area contributed by atoms with E-state index in [2.05, 4.69) is 55.1 Å². The number of nitrogens with zero attached hydrogens (tertiary/aromatic N) is 2. The highest BCUT2D eigenvalue weighted by Gasteiger charge is 2.31. The van der Waals surface area contributed by atoms with Gasteiger partial charge in [0.2, 0.25) is 5.91 Å². The predicted molar refractivity (Wildman–Crippen MR) is 128 cm³/mol. The number of anilines is 2. The van der Waals surface area contributed by atoms with E-state index in [9.17, 15) is 4.79 Å². The van der Waals surface area contributed by atoms with Crippen LogP contribution < -0.4 is 15.5 Å². The Bertz CT molecular complexity index is 1010. The fourth-order valence-corrected chi connectivity index (χ4v) is 4.08. The summed E-state index contributed by atoms with van der Waals surface area (Å²) in [6, 6.07) is 22.2. The lowest BCUT2D eigenvalue weighted by atomic mass is 10.0. The van der Waals surface area contributed by atoms with E-state index in [-0.39, 0.29) is 18.3 Å². The summed E-state index contributed by atoms with van der Waals surface area (Å²) in [5.41, 5.74) is 9.55. The minimum atomic E-state index is -0.537. The Balaban J connectivity index is 0.00000256. The SMILES string of the molecule is CC(C)CCN1C[C@H](N)C(=O)N(Cc2cccc3ccccc23)c2ccccc21.Cl. The summed E-state index contributed by atoms with van der Waals surface area (Å²) in [5.74, 6) is 0.585. The molecule has 5 heteroatoms. The fraction of sp³-hybridized carbons (Fsp3) is 0.320. The summed E-state index contributed by atoms with van der Waals surface area (Å²) in [6.07, 6.45) is 1.07. The third-order valence-electron chi connectivity index (χ3n) is 5.70. The van der Waals surface area contributed by atoms with Crippen LogP contribution in [-0.2, 0) is 11.3 Å². The lowest BCUT2D eigenvalue weighted by Crippen LogP contribution is -2.47. The van der Waals surface area contributed by atoms with Crippen molar-refractivity contribution in [2.45, 2.75) is 32.9 Å². The van der Waals surface area contributed by atoms with Gasteiger partial charge in [0.15, 0.2) is 0 Å². The molecular weight excluding hydrogens is 394 g/mol. The highest BCUT2D eigenvalue weighted by Crippen LogP contribution is 2.34. The zero-order valence-corrected chi connectivity index (χ0v) is 18.4. The van der Waals surface area contributed by atoms with Crippen molar-refractivity contribution in [3.05, 3.63) is 72.3 Å². The molecule has 0 unspecified atom stereocenters. The second-order valence-corrected chi connectivity index (χ2v) is 8.29. The Morgan fingerprint density at radius 1 is 0.967 bits per heavy atom. The van der Waals surface area contributed by atoms with Gasteiger partial charge >= 0.3 is 0 Å². The summed E-state index contributed by atoms with van der Waals surface area (Å²) in [5, 5.41) is 2.36. The van der Waals surface area contributed by atoms with Crippen LogP contribution in [0.5, 0.6) is 0 Å². The molecule has 1 atom stereocenters. The second-order valence-electron chi connectivity index (χ2n) is 8.29. The van der Waals surface area contributed by atoms with Gasteiger partial charge in [0, 0.05) is 13.1 Å². The average Bonchev–Trinajstić information content (AvgIpc) is 2.83. The van der Waals surface area contributed by atoms with Crippen molar-refractivity contribution in [1.29, 1.82) is 0 Å². The Labute approximate surface area is 185 Å². The van der Waals surface area contributed by atoms with Gasteiger partial charge < -0.3 is 15.5 Å². The molecule has 3 aromatic rings. The van der Waals surface area contributed by atoms with Crippen molar-refractivity contribution < 1.29 is 4.79 Å². The maximum atomic E-state index is 13.3. The van der Waals surface area contributed by atoms with E-state index in [4.69, 9.17) is 5.73 Å². The molecule has 0 fully saturated rings. The maximum absolute atomic E-state index is 13.3. The summed E-state index contributed by atoms with van der Waals surface area (Å²) in [4.78, 5) is 17.5. The van der Waals surface area contributed by atoms with E-state index >= 15 is 0 Å². The average molecular weight is 424 g/mol. The summed E-state index contributed by atoms with van der Waals surface area (Å²) < 4.78 is 0. The van der Waals surface area contributed by atoms with Crippen molar-refractivity contribution in [3.63, 3.8) is 0 Å². The Kier molecular flexibility index (Phi) is 7.01. The third kappa shape index (κ3) is 4.45. The molecule has 0 radical (unpaired) electrons. The molecule has 30 heavy (non-hydrogen) atoms. The molecule has 4 nitrogen and oxygen atoms in total. The lowest BCUT2D eigenvalue weighted by Gasteiger charge is -2.27. The molecule has 4 rings (SSSR count). The predicted octanol–water partition coefficient (Wildman–Crippen LogP) is 4.99. The smallest absolute Gasteiger partial charge is 0.246 e. The van der Waals surface area contributed by atoms with Gasteiger partial charge in [-0.3, -0.25) is 4.79 Å². The van der Waals surface area contributed by atoms with E-state index < -0.39 is 6.04 Å². The highest BCUT2D eigenvalue weighted by molar-refractivity contribution is 6.02. The van der Waals surface area contributed by atoms with Crippen molar-refractivity contribution in [2.24, 2.45) is 11.7 Å². The first-order valence-electron chi connectivity index (χ1n) is 10.4. The standard InChI is InChI=1S/C25H29N3O.ClH/c1-18(2)14-15-27-17-22(26)25(29)28(24-13-6-5-12-23(24)27)16-20-10-7-9-19-8-3-4-11-21(19)20;/h3-13,18,22H,14-17,26H2,1-2H3;1H/t22-;/m0./s1. The molecule has 0 saturated heterocycles. The van der Waals surface area contributed by atoms with Crippen molar-refractivity contribution >= 4 is 40.5 Å². The number of nitrogens with two attached hydrogens (primary N) is 1. The Morgan fingerprint density at radius 2 is 1.63 bits per heavy atom. The lowest BCUT2D eigenvalue weighted by molar-refractivity contribution is -0.119. The summed E-state index contributed by atoms with van der Waals surface area (Å²) in [7, 11) is 0. The molecule has 0 aromatic heterocycles. The number of hydrogen-bond acceptors (Lipinski definition) is 3. The number of hydrogen-bond donors (Lipinski definition) is 1. The molecule has 0 saturated carbocycles. The molecule has 3 aromatic carbocycles. The highest BCUT2D eigenvalue weighted by atomic mass is 35.5. The maximum Gasteiger partial charge on any atom is 0.246 e. The van der Waals surface area contributed by atoms with Crippen LogP contribution in [0.2, 0.25) is 0 Å². The van der Waals surface area contributed by atoms with Crippen LogP contribution in [0, 0.1) is 5.92 Å². The molecule has 1 aliphatic heterocycles. The monoisotopic (exact) mass is 423 g/mol. The minimum absolute atomic E-state index is 0. The number of para-hydroxylation sites is 2. The number of rotatable bonds is 5. The van der Waals surface area contributed by atoms with Gasteiger partial charge in [-0.2, -0.15) is 0 Å². The minimum Gasteiger partial charge on any atom is -0.368 e. The zero-order valence-electron chi connectivity index (χ0n) is 17.6. The number of benzene rings is 3. The van der Waals surface area contributed by atoms with Crippen LogP contribution in [0.4, 0.5) is 11.4 Å². The van der Waals surface area contributed by atoms with E-state index in [1.54, 1.807) is 0 Å². The third-order valence-corrected chi connectivity index (χ3v) is 5.70. The van der Waals surface area contributed by atoms with Gasteiger partial charge in [0.1, 0.15) is 6.04 Å². The van der Waals surface area contributed by atoms with E-state index in [0.717, 1.165) is 29.9 Å². The van der Waals surface area contributed by atoms with Gasteiger partial charge in [-0.25, -0.2) is 0 Å². The van der Waals surface area contributed by atoms with Gasteiger partial charge in [0.05, 0.1) is 17.9 Å². The Hall–Kier alpha value is -2.56. The topological polar surface area (TPSA) is 49.6 Å². The quantitative estimate of drug-likeness (QED) is 0.629. The molecule has 0 aliphatic carbocycles. The van der Waals surface area contributed by atoms with Crippen molar-refractivity contribution in [2.75, 3.05) is 22.9 Å². The van der Waals surface area contributed by atoms with Crippen LogP contribution in [0.1, 0.15) is 25.8 Å². The van der Waals surface area contributed by atoms with Crippen molar-refractivity contribution in [1.82, 2.24) is 0 Å². The zero-order chi connectivity index (χ0) is 20.4. The largest absolute Gasteiger partial charge is 0.368 e. The van der Waals surface area contributed by atoms with Gasteiger partial charge in [-0.15, -0.1) is 12.4 Å². The normalized spacial score (nSPS) is 16.4. The fourth-order valence-electron chi connectivity index (χ4n) is 4.08. The first-order chi connectivity index (χ1) is 14.0. The molecule has 0 spiro atoms. The first kappa shape index (κ1) is 22.1. The molecule has 158 valence electrons. The molecule has 1 amide bonds. The van der Waals surface area contributed by atoms with Crippen LogP contribution in [0.15, 0.2) is 66.7 Å². The molecule has 1 heterocycles. The van der Waals surface area contributed by atoms with E-state index in [1.807, 2.05) is 35.2 Å².